The van der Waals surface area contributed by atoms with Crippen LogP contribution in [0.2, 0.25) is 0 Å². The van der Waals surface area contributed by atoms with Gasteiger partial charge in [0, 0.05) is 18.7 Å². The lowest BCUT2D eigenvalue weighted by Gasteiger charge is -2.45. The van der Waals surface area contributed by atoms with Crippen LogP contribution in [0.1, 0.15) is 46.5 Å². The molecule has 2 aliphatic rings. The molecular weight excluding hydrogens is 360 g/mol. The number of hydrogen-bond donors (Lipinski definition) is 2. The number of carboxylic acid groups (broad SMARTS) is 1. The summed E-state index contributed by atoms with van der Waals surface area (Å²) < 4.78 is 10.2. The van der Waals surface area contributed by atoms with Gasteiger partial charge in [-0.1, -0.05) is 0 Å². The molecule has 2 fully saturated rings. The van der Waals surface area contributed by atoms with Crippen molar-refractivity contribution in [2.24, 2.45) is 0 Å². The van der Waals surface area contributed by atoms with Gasteiger partial charge in [-0.15, -0.1) is 11.8 Å². The first-order valence-corrected chi connectivity index (χ1v) is 9.83. The maximum Gasteiger partial charge on any atom is 0.411 e. The van der Waals surface area contributed by atoms with E-state index in [2.05, 4.69) is 5.32 Å². The van der Waals surface area contributed by atoms with Crippen LogP contribution in [0.3, 0.4) is 0 Å². The molecule has 2 heterocycles. The van der Waals surface area contributed by atoms with Crippen LogP contribution in [0, 0.1) is 0 Å². The number of carbonyl (C=O) groups is 3. The average Bonchev–Trinajstić information content (AvgIpc) is 3.01. The Morgan fingerprint density at radius 3 is 2.58 bits per heavy atom. The van der Waals surface area contributed by atoms with Gasteiger partial charge in [0.2, 0.25) is 0 Å². The van der Waals surface area contributed by atoms with Crippen molar-refractivity contribution in [1.29, 1.82) is 0 Å². The van der Waals surface area contributed by atoms with Gasteiger partial charge in [-0.2, -0.15) is 0 Å². The molecule has 0 aromatic heterocycles. The number of esters is 1. The topological polar surface area (TPSA) is 105 Å². The van der Waals surface area contributed by atoms with Gasteiger partial charge in [-0.05, 0) is 40.0 Å². The number of nitrogens with one attached hydrogen (secondary N) is 1. The third-order valence-electron chi connectivity index (χ3n) is 4.61. The first-order valence-electron chi connectivity index (χ1n) is 8.78. The number of likely N-dealkylation sites (tertiary alicyclic amines) is 1. The van der Waals surface area contributed by atoms with Gasteiger partial charge in [-0.3, -0.25) is 15.0 Å². The van der Waals surface area contributed by atoms with Crippen LogP contribution in [0.5, 0.6) is 0 Å². The van der Waals surface area contributed by atoms with Gasteiger partial charge < -0.3 is 14.6 Å². The molecule has 9 heteroatoms. The Labute approximate surface area is 158 Å². The van der Waals surface area contributed by atoms with Crippen LogP contribution >= 0.6 is 11.8 Å². The van der Waals surface area contributed by atoms with Crippen molar-refractivity contribution < 1.29 is 29.0 Å². The second-order valence-corrected chi connectivity index (χ2v) is 8.93. The summed E-state index contributed by atoms with van der Waals surface area (Å²) in [6.45, 7) is 5.62. The van der Waals surface area contributed by atoms with Gasteiger partial charge in [0.15, 0.2) is 0 Å². The summed E-state index contributed by atoms with van der Waals surface area (Å²) in [5.74, 6) is -0.886. The van der Waals surface area contributed by atoms with Gasteiger partial charge in [0.1, 0.15) is 17.2 Å². The van der Waals surface area contributed by atoms with E-state index in [0.29, 0.717) is 18.7 Å². The van der Waals surface area contributed by atoms with E-state index in [1.165, 1.54) is 23.8 Å². The van der Waals surface area contributed by atoms with Crippen molar-refractivity contribution in [2.45, 2.75) is 69.0 Å². The van der Waals surface area contributed by atoms with Crippen LogP contribution in [0.25, 0.3) is 0 Å². The van der Waals surface area contributed by atoms with Gasteiger partial charge >= 0.3 is 18.0 Å². The highest BCUT2D eigenvalue weighted by Gasteiger charge is 2.51. The number of hydrogen-bond acceptors (Lipinski definition) is 7. The van der Waals surface area contributed by atoms with Gasteiger partial charge in [0.05, 0.1) is 12.5 Å². The van der Waals surface area contributed by atoms with E-state index in [1.54, 1.807) is 20.8 Å². The Hall–Kier alpha value is -1.48. The van der Waals surface area contributed by atoms with Gasteiger partial charge in [0.25, 0.3) is 0 Å². The number of nitrogens with zero attached hydrogens (tertiary/aromatic N) is 1. The molecule has 0 aliphatic carbocycles. The molecule has 2 aliphatic heterocycles. The molecule has 0 aromatic rings. The van der Waals surface area contributed by atoms with E-state index in [4.69, 9.17) is 9.47 Å². The normalized spacial score (nSPS) is 29.3. The van der Waals surface area contributed by atoms with Crippen molar-refractivity contribution in [2.75, 3.05) is 19.4 Å². The first-order chi connectivity index (χ1) is 12.1. The highest BCUT2D eigenvalue weighted by atomic mass is 32.2. The largest absolute Gasteiger partial charge is 0.479 e. The molecule has 148 valence electrons. The molecular formula is C17H28N2O6S. The maximum atomic E-state index is 12.7. The second-order valence-electron chi connectivity index (χ2n) is 7.69. The fourth-order valence-electron chi connectivity index (χ4n) is 3.38. The van der Waals surface area contributed by atoms with E-state index in [1.807, 2.05) is 0 Å². The molecule has 2 N–H and O–H groups in total. The number of aliphatic carboxylic acids is 1. The fourth-order valence-corrected chi connectivity index (χ4v) is 4.69. The molecule has 26 heavy (non-hydrogen) atoms. The minimum atomic E-state index is -1.34. The smallest absolute Gasteiger partial charge is 0.411 e. The summed E-state index contributed by atoms with van der Waals surface area (Å²) in [5, 5.41) is 12.9. The fraction of sp³-hybridized carbons (Fsp3) is 0.824. The van der Waals surface area contributed by atoms with Crippen molar-refractivity contribution in [3.63, 3.8) is 0 Å². The maximum absolute atomic E-state index is 12.7. The predicted octanol–water partition coefficient (Wildman–Crippen LogP) is 1.82. The molecule has 8 nitrogen and oxygen atoms in total. The first kappa shape index (κ1) is 20.8. The number of amides is 1. The molecule has 2 saturated heterocycles. The lowest BCUT2D eigenvalue weighted by atomic mass is 9.83. The van der Waals surface area contributed by atoms with Crippen molar-refractivity contribution in [1.82, 2.24) is 10.2 Å². The zero-order valence-electron chi connectivity index (χ0n) is 15.7. The number of carbonyl (C=O) groups excluding carboxylic acids is 2. The van der Waals surface area contributed by atoms with Crippen LogP contribution in [0.4, 0.5) is 4.79 Å². The Kier molecular flexibility index (Phi) is 6.44. The Morgan fingerprint density at radius 2 is 2.00 bits per heavy atom. The van der Waals surface area contributed by atoms with Crippen LogP contribution in [-0.4, -0.2) is 70.0 Å². The standard InChI is InChI=1S/C17H28N2O6S/c1-16(2,3)25-15(23)19-8-6-5-7-17(19,14(21)22)9-12-18-11(10-26-12)13(20)24-4/h11-12,18H,5-10H2,1-4H3,(H,21,22)/t11-,12?,17?/m1/s1. The molecule has 2 unspecified atom stereocenters. The number of piperidine rings is 1. The number of methoxy groups -OCH3 is 1. The Morgan fingerprint density at radius 1 is 1.31 bits per heavy atom. The Balaban J connectivity index is 2.19. The lowest BCUT2D eigenvalue weighted by molar-refractivity contribution is -0.154. The predicted molar refractivity (Wildman–Crippen MR) is 97.0 cm³/mol. The number of carboxylic acids is 1. The van der Waals surface area contributed by atoms with E-state index in [-0.39, 0.29) is 17.8 Å². The molecule has 1 amide bonds. The summed E-state index contributed by atoms with van der Waals surface area (Å²) in [5.41, 5.74) is -2.04. The van der Waals surface area contributed by atoms with Crippen molar-refractivity contribution in [3.8, 4) is 0 Å². The van der Waals surface area contributed by atoms with E-state index < -0.39 is 29.2 Å². The molecule has 3 atom stereocenters. The summed E-state index contributed by atoms with van der Waals surface area (Å²) in [6, 6.07) is -0.459. The summed E-state index contributed by atoms with van der Waals surface area (Å²) in [6.07, 6.45) is 1.43. The van der Waals surface area contributed by atoms with Crippen molar-refractivity contribution in [3.05, 3.63) is 0 Å². The van der Waals surface area contributed by atoms with E-state index in [9.17, 15) is 19.5 Å². The molecule has 0 radical (unpaired) electrons. The van der Waals surface area contributed by atoms with Crippen LogP contribution in [0.15, 0.2) is 0 Å². The minimum Gasteiger partial charge on any atom is -0.479 e. The van der Waals surface area contributed by atoms with Crippen LogP contribution in [-0.2, 0) is 19.1 Å². The summed E-state index contributed by atoms with van der Waals surface area (Å²) in [4.78, 5) is 38.0. The van der Waals surface area contributed by atoms with Gasteiger partial charge in [-0.25, -0.2) is 9.59 Å². The summed E-state index contributed by atoms with van der Waals surface area (Å²) >= 11 is 1.48. The lowest BCUT2D eigenvalue weighted by Crippen LogP contribution is -2.62. The molecule has 0 aromatic carbocycles. The summed E-state index contributed by atoms with van der Waals surface area (Å²) in [7, 11) is 1.33. The zero-order chi connectivity index (χ0) is 19.5. The van der Waals surface area contributed by atoms with E-state index in [0.717, 1.165) is 12.8 Å². The highest BCUT2D eigenvalue weighted by Crippen LogP contribution is 2.37. The molecule has 0 saturated carbocycles. The molecule has 2 rings (SSSR count). The zero-order valence-corrected chi connectivity index (χ0v) is 16.6. The minimum absolute atomic E-state index is 0.208. The third-order valence-corrected chi connectivity index (χ3v) is 5.84. The Bertz CT molecular complexity index is 564. The SMILES string of the molecule is COC(=O)[C@H]1CSC(CC2(C(=O)O)CCCCN2C(=O)OC(C)(C)C)N1. The second kappa shape index (κ2) is 8.04. The van der Waals surface area contributed by atoms with E-state index >= 15 is 0 Å². The average molecular weight is 388 g/mol. The number of ether oxygens (including phenoxy) is 2. The number of thioether (sulfide) groups is 1. The van der Waals surface area contributed by atoms with Crippen molar-refractivity contribution >= 4 is 29.8 Å². The van der Waals surface area contributed by atoms with Crippen LogP contribution < -0.4 is 5.32 Å². The number of rotatable bonds is 4. The monoisotopic (exact) mass is 388 g/mol. The highest BCUT2D eigenvalue weighted by molar-refractivity contribution is 8.00. The molecule has 0 bridgehead atoms. The molecule has 0 spiro atoms. The quantitative estimate of drug-likeness (QED) is 0.703. The third kappa shape index (κ3) is 4.62.